The zero-order valence-electron chi connectivity index (χ0n) is 14.1. The largest absolute Gasteiger partial charge is 0.368 e. The van der Waals surface area contributed by atoms with Crippen molar-refractivity contribution in [2.75, 3.05) is 11.1 Å². The first kappa shape index (κ1) is 16.0. The number of fused-ring (bicyclic) bond motifs is 1. The third-order valence-electron chi connectivity index (χ3n) is 4.03. The number of nitrogens with two attached hydrogens (primary N) is 1. The van der Waals surface area contributed by atoms with Gasteiger partial charge in [-0.15, -0.1) is 0 Å². The number of nitrogens with zero attached hydrogens (tertiary/aromatic N) is 3. The van der Waals surface area contributed by atoms with Crippen LogP contribution in [0.2, 0.25) is 0 Å². The second-order valence-corrected chi connectivity index (χ2v) is 6.03. The molecule has 0 unspecified atom stereocenters. The number of nitrogens with one attached hydrogen (secondary N) is 1. The van der Waals surface area contributed by atoms with Crippen LogP contribution in [-0.4, -0.2) is 15.0 Å². The number of anilines is 3. The van der Waals surface area contributed by atoms with Gasteiger partial charge in [0.1, 0.15) is 11.6 Å². The Kier molecular flexibility index (Phi) is 3.93. The van der Waals surface area contributed by atoms with Crippen molar-refractivity contribution in [2.45, 2.75) is 6.92 Å². The summed E-state index contributed by atoms with van der Waals surface area (Å²) >= 11 is 0. The van der Waals surface area contributed by atoms with E-state index in [1.807, 2.05) is 37.3 Å². The number of aromatic nitrogens is 3. The molecule has 4 rings (SSSR count). The summed E-state index contributed by atoms with van der Waals surface area (Å²) in [7, 11) is 0. The number of aryl methyl sites for hydroxylation is 1. The van der Waals surface area contributed by atoms with Crippen LogP contribution in [0.25, 0.3) is 22.2 Å². The fourth-order valence-electron chi connectivity index (χ4n) is 2.78. The second-order valence-electron chi connectivity index (χ2n) is 6.03. The molecule has 2 heterocycles. The lowest BCUT2D eigenvalue weighted by molar-refractivity contribution is 0.628. The van der Waals surface area contributed by atoms with E-state index in [4.69, 9.17) is 5.73 Å². The Bertz CT molecular complexity index is 1090. The third-order valence-corrected chi connectivity index (χ3v) is 4.03. The van der Waals surface area contributed by atoms with E-state index in [0.29, 0.717) is 11.5 Å². The van der Waals surface area contributed by atoms with Crippen LogP contribution in [0, 0.1) is 12.7 Å². The highest BCUT2D eigenvalue weighted by Crippen LogP contribution is 2.28. The normalized spacial score (nSPS) is 10.8. The number of hydrogen-bond donors (Lipinski definition) is 2. The number of hydrogen-bond acceptors (Lipinski definition) is 5. The molecular weight excluding hydrogens is 329 g/mol. The van der Waals surface area contributed by atoms with Gasteiger partial charge in [-0.3, -0.25) is 0 Å². The first-order valence-corrected chi connectivity index (χ1v) is 8.11. The lowest BCUT2D eigenvalue weighted by Gasteiger charge is -2.11. The maximum atomic E-state index is 13.2. The van der Waals surface area contributed by atoms with Gasteiger partial charge in [-0.2, -0.15) is 9.97 Å². The van der Waals surface area contributed by atoms with E-state index in [1.165, 1.54) is 12.1 Å². The highest BCUT2D eigenvalue weighted by molar-refractivity contribution is 5.92. The number of benzene rings is 2. The Hall–Kier alpha value is -3.54. The molecule has 0 spiro atoms. The quantitative estimate of drug-likeness (QED) is 0.573. The predicted octanol–water partition coefficient (Wildman–Crippen LogP) is 4.47. The molecule has 0 saturated carbocycles. The molecule has 26 heavy (non-hydrogen) atoms. The summed E-state index contributed by atoms with van der Waals surface area (Å²) in [4.78, 5) is 12.9. The van der Waals surface area contributed by atoms with Gasteiger partial charge in [-0.1, -0.05) is 24.3 Å². The molecule has 2 aromatic carbocycles. The van der Waals surface area contributed by atoms with E-state index >= 15 is 0 Å². The zero-order chi connectivity index (χ0) is 18.1. The molecule has 0 bridgehead atoms. The maximum Gasteiger partial charge on any atom is 0.224 e. The standard InChI is InChI=1S/C20H16FN5/c1-12-3-2-4-16(9-12)24-19-17-10-14(13-5-7-15(21)8-6-13)11-23-18(17)25-20(22)26-19/h2-11H,1H3,(H3,22,23,24,25,26). The highest BCUT2D eigenvalue weighted by atomic mass is 19.1. The number of nitrogen functional groups attached to an aromatic ring is 1. The zero-order valence-corrected chi connectivity index (χ0v) is 14.1. The van der Waals surface area contributed by atoms with Gasteiger partial charge in [0.15, 0.2) is 5.65 Å². The van der Waals surface area contributed by atoms with Crippen molar-refractivity contribution in [1.82, 2.24) is 15.0 Å². The Labute approximate surface area is 149 Å². The minimum Gasteiger partial charge on any atom is -0.368 e. The summed E-state index contributed by atoms with van der Waals surface area (Å²) in [5.41, 5.74) is 10.1. The number of pyridine rings is 1. The first-order chi connectivity index (χ1) is 12.6. The Balaban J connectivity index is 1.83. The van der Waals surface area contributed by atoms with Gasteiger partial charge in [-0.25, -0.2) is 9.37 Å². The van der Waals surface area contributed by atoms with E-state index in [-0.39, 0.29) is 11.8 Å². The van der Waals surface area contributed by atoms with Crippen LogP contribution < -0.4 is 11.1 Å². The van der Waals surface area contributed by atoms with Crippen LogP contribution in [0.1, 0.15) is 5.56 Å². The molecule has 0 aliphatic rings. The van der Waals surface area contributed by atoms with E-state index in [0.717, 1.165) is 27.8 Å². The number of rotatable bonds is 3. The van der Waals surface area contributed by atoms with E-state index < -0.39 is 0 Å². The molecule has 2 aromatic heterocycles. The van der Waals surface area contributed by atoms with Crippen molar-refractivity contribution < 1.29 is 4.39 Å². The van der Waals surface area contributed by atoms with Crippen LogP contribution in [0.3, 0.4) is 0 Å². The van der Waals surface area contributed by atoms with Crippen molar-refractivity contribution in [1.29, 1.82) is 0 Å². The molecule has 0 aliphatic carbocycles. The lowest BCUT2D eigenvalue weighted by atomic mass is 10.1. The number of halogens is 1. The van der Waals surface area contributed by atoms with E-state index in [2.05, 4.69) is 20.3 Å². The van der Waals surface area contributed by atoms with Gasteiger partial charge < -0.3 is 11.1 Å². The summed E-state index contributed by atoms with van der Waals surface area (Å²) in [6.07, 6.45) is 1.69. The van der Waals surface area contributed by atoms with Crippen molar-refractivity contribution in [3.8, 4) is 11.1 Å². The Morgan fingerprint density at radius 1 is 0.962 bits per heavy atom. The topological polar surface area (TPSA) is 76.7 Å². The minimum absolute atomic E-state index is 0.148. The van der Waals surface area contributed by atoms with Crippen molar-refractivity contribution in [3.05, 3.63) is 72.2 Å². The molecule has 5 nitrogen and oxygen atoms in total. The molecule has 0 atom stereocenters. The van der Waals surface area contributed by atoms with Crippen LogP contribution in [-0.2, 0) is 0 Å². The predicted molar refractivity (Wildman–Crippen MR) is 102 cm³/mol. The smallest absolute Gasteiger partial charge is 0.224 e. The summed E-state index contributed by atoms with van der Waals surface area (Å²) in [5, 5.41) is 4.02. The van der Waals surface area contributed by atoms with Crippen LogP contribution in [0.4, 0.5) is 21.8 Å². The molecule has 0 amide bonds. The monoisotopic (exact) mass is 345 g/mol. The summed E-state index contributed by atoms with van der Waals surface area (Å²) in [6, 6.07) is 16.1. The van der Waals surface area contributed by atoms with Crippen LogP contribution in [0.15, 0.2) is 60.8 Å². The van der Waals surface area contributed by atoms with Crippen molar-refractivity contribution in [2.24, 2.45) is 0 Å². The van der Waals surface area contributed by atoms with E-state index in [9.17, 15) is 4.39 Å². The molecule has 0 radical (unpaired) electrons. The SMILES string of the molecule is Cc1cccc(Nc2nc(N)nc3ncc(-c4ccc(F)cc4)cc23)c1. The van der Waals surface area contributed by atoms with Gasteiger partial charge in [0.05, 0.1) is 5.39 Å². The molecule has 3 N–H and O–H groups in total. The fraction of sp³-hybridized carbons (Fsp3) is 0.0500. The van der Waals surface area contributed by atoms with Crippen LogP contribution in [0.5, 0.6) is 0 Å². The van der Waals surface area contributed by atoms with Gasteiger partial charge in [-0.05, 0) is 48.4 Å². The Morgan fingerprint density at radius 3 is 2.54 bits per heavy atom. The van der Waals surface area contributed by atoms with Gasteiger partial charge in [0.25, 0.3) is 0 Å². The molecule has 0 saturated heterocycles. The minimum atomic E-state index is -0.277. The third kappa shape index (κ3) is 3.17. The molecular formula is C20H16FN5. The summed E-state index contributed by atoms with van der Waals surface area (Å²) in [5.74, 6) is 0.449. The van der Waals surface area contributed by atoms with Crippen molar-refractivity contribution in [3.63, 3.8) is 0 Å². The highest BCUT2D eigenvalue weighted by Gasteiger charge is 2.10. The average molecular weight is 345 g/mol. The molecule has 0 fully saturated rings. The lowest BCUT2D eigenvalue weighted by Crippen LogP contribution is -2.02. The Morgan fingerprint density at radius 2 is 1.77 bits per heavy atom. The summed E-state index contributed by atoms with van der Waals surface area (Å²) < 4.78 is 13.2. The van der Waals surface area contributed by atoms with Gasteiger partial charge in [0.2, 0.25) is 5.95 Å². The summed E-state index contributed by atoms with van der Waals surface area (Å²) in [6.45, 7) is 2.02. The molecule has 4 aromatic rings. The maximum absolute atomic E-state index is 13.2. The van der Waals surface area contributed by atoms with Gasteiger partial charge >= 0.3 is 0 Å². The molecule has 0 aliphatic heterocycles. The van der Waals surface area contributed by atoms with Crippen molar-refractivity contribution >= 4 is 28.5 Å². The fourth-order valence-corrected chi connectivity index (χ4v) is 2.78. The average Bonchev–Trinajstić information content (AvgIpc) is 2.62. The van der Waals surface area contributed by atoms with Gasteiger partial charge in [0, 0.05) is 17.4 Å². The van der Waals surface area contributed by atoms with Crippen LogP contribution >= 0.6 is 0 Å². The molecule has 128 valence electrons. The molecule has 6 heteroatoms. The van der Waals surface area contributed by atoms with E-state index in [1.54, 1.807) is 18.3 Å². The second kappa shape index (κ2) is 6.40. The first-order valence-electron chi connectivity index (χ1n) is 8.11.